The van der Waals surface area contributed by atoms with E-state index in [0.29, 0.717) is 0 Å². The van der Waals surface area contributed by atoms with Gasteiger partial charge in [-0.1, -0.05) is 84.9 Å². The number of anilines is 3. The fourth-order valence-electron chi connectivity index (χ4n) is 6.12. The Morgan fingerprint density at radius 1 is 0.436 bits per heavy atom. The van der Waals surface area contributed by atoms with Gasteiger partial charge in [0.1, 0.15) is 0 Å². The second-order valence-corrected chi connectivity index (χ2v) is 10.1. The number of hydrogen-bond acceptors (Lipinski definition) is 2. The Morgan fingerprint density at radius 3 is 1.87 bits per heavy atom. The topological polar surface area (TPSA) is 16.1 Å². The zero-order valence-corrected chi connectivity index (χ0v) is 21.3. The molecule has 0 saturated carbocycles. The van der Waals surface area contributed by atoms with Gasteiger partial charge in [-0.15, -0.1) is 0 Å². The third-order valence-electron chi connectivity index (χ3n) is 7.84. The highest BCUT2D eigenvalue weighted by molar-refractivity contribution is 6.20. The van der Waals surface area contributed by atoms with Crippen LogP contribution in [0.5, 0.6) is 0 Å². The maximum atomic E-state index is 4.40. The molecular formula is C37H24N2. The van der Waals surface area contributed by atoms with Crippen molar-refractivity contribution >= 4 is 38.6 Å². The second-order valence-electron chi connectivity index (χ2n) is 10.1. The van der Waals surface area contributed by atoms with Crippen LogP contribution in [0.1, 0.15) is 0 Å². The van der Waals surface area contributed by atoms with E-state index >= 15 is 0 Å². The maximum Gasteiger partial charge on any atom is 0.0644 e. The molecule has 182 valence electrons. The first kappa shape index (κ1) is 21.8. The average molecular weight is 497 g/mol. The first-order valence-electron chi connectivity index (χ1n) is 13.3. The predicted molar refractivity (Wildman–Crippen MR) is 164 cm³/mol. The molecule has 0 aliphatic heterocycles. The van der Waals surface area contributed by atoms with Gasteiger partial charge in [-0.2, -0.15) is 0 Å². The molecule has 39 heavy (non-hydrogen) atoms. The van der Waals surface area contributed by atoms with Gasteiger partial charge in [-0.25, -0.2) is 0 Å². The minimum absolute atomic E-state index is 1.03. The number of benzene rings is 6. The van der Waals surface area contributed by atoms with Gasteiger partial charge in [0.2, 0.25) is 0 Å². The molecule has 0 spiro atoms. The quantitative estimate of drug-likeness (QED) is 0.241. The predicted octanol–water partition coefficient (Wildman–Crippen LogP) is 10.2. The van der Waals surface area contributed by atoms with Crippen LogP contribution in [-0.4, -0.2) is 4.98 Å². The smallest absolute Gasteiger partial charge is 0.0644 e. The summed E-state index contributed by atoms with van der Waals surface area (Å²) in [7, 11) is 0. The van der Waals surface area contributed by atoms with Gasteiger partial charge >= 0.3 is 0 Å². The summed E-state index contributed by atoms with van der Waals surface area (Å²) >= 11 is 0. The first-order chi connectivity index (χ1) is 19.3. The number of fused-ring (bicyclic) bond motifs is 4. The molecule has 0 fully saturated rings. The summed E-state index contributed by atoms with van der Waals surface area (Å²) in [5.41, 5.74) is 11.0. The highest BCUT2D eigenvalue weighted by Gasteiger charge is 2.23. The number of para-hydroxylation sites is 1. The van der Waals surface area contributed by atoms with Crippen molar-refractivity contribution < 1.29 is 0 Å². The number of rotatable bonds is 4. The summed E-state index contributed by atoms with van der Waals surface area (Å²) in [5, 5.41) is 5.20. The van der Waals surface area contributed by atoms with E-state index in [0.717, 1.165) is 17.1 Å². The molecule has 2 nitrogen and oxygen atoms in total. The van der Waals surface area contributed by atoms with Crippen LogP contribution in [0.15, 0.2) is 146 Å². The maximum absolute atomic E-state index is 4.40. The van der Waals surface area contributed by atoms with Gasteiger partial charge in [0.15, 0.2) is 0 Å². The Bertz CT molecular complexity index is 1920. The fourth-order valence-corrected chi connectivity index (χ4v) is 6.12. The summed E-state index contributed by atoms with van der Waals surface area (Å²) in [6.45, 7) is 0. The zero-order chi connectivity index (χ0) is 25.8. The van der Waals surface area contributed by atoms with E-state index in [2.05, 4.69) is 137 Å². The van der Waals surface area contributed by atoms with Gasteiger partial charge in [-0.3, -0.25) is 4.98 Å². The lowest BCUT2D eigenvalue weighted by Gasteiger charge is -2.25. The molecule has 1 aliphatic rings. The minimum Gasteiger partial charge on any atom is -0.309 e. The van der Waals surface area contributed by atoms with E-state index in [1.54, 1.807) is 0 Å². The van der Waals surface area contributed by atoms with Gasteiger partial charge in [0, 0.05) is 17.6 Å². The molecule has 7 aromatic rings. The summed E-state index contributed by atoms with van der Waals surface area (Å²) < 4.78 is 0. The van der Waals surface area contributed by atoms with Crippen molar-refractivity contribution in [3.63, 3.8) is 0 Å². The number of pyridine rings is 1. The fraction of sp³-hybridized carbons (Fsp3) is 0. The van der Waals surface area contributed by atoms with Crippen molar-refractivity contribution in [1.82, 2.24) is 4.98 Å². The molecule has 0 saturated heterocycles. The summed E-state index contributed by atoms with van der Waals surface area (Å²) in [6, 6.07) is 48.1. The average Bonchev–Trinajstić information content (AvgIpc) is 3.31. The van der Waals surface area contributed by atoms with Crippen LogP contribution < -0.4 is 4.90 Å². The number of hydrogen-bond donors (Lipinski definition) is 0. The molecule has 1 aromatic heterocycles. The molecular weight excluding hydrogens is 472 g/mol. The van der Waals surface area contributed by atoms with Gasteiger partial charge < -0.3 is 4.90 Å². The third kappa shape index (κ3) is 3.46. The first-order valence-corrected chi connectivity index (χ1v) is 13.3. The van der Waals surface area contributed by atoms with E-state index in [-0.39, 0.29) is 0 Å². The minimum atomic E-state index is 1.03. The highest BCUT2D eigenvalue weighted by Crippen LogP contribution is 2.50. The number of nitrogens with zero attached hydrogens (tertiary/aromatic N) is 2. The Morgan fingerprint density at radius 2 is 1.10 bits per heavy atom. The highest BCUT2D eigenvalue weighted by atomic mass is 15.1. The van der Waals surface area contributed by atoms with Crippen LogP contribution in [0.3, 0.4) is 0 Å². The van der Waals surface area contributed by atoms with Crippen LogP contribution in [0.25, 0.3) is 54.9 Å². The lowest BCUT2D eigenvalue weighted by atomic mass is 9.94. The molecule has 0 bridgehead atoms. The van der Waals surface area contributed by atoms with Crippen molar-refractivity contribution in [3.8, 4) is 33.4 Å². The summed E-state index contributed by atoms with van der Waals surface area (Å²) in [6.07, 6.45) is 3.73. The van der Waals surface area contributed by atoms with Crippen LogP contribution in [0, 0.1) is 0 Å². The molecule has 2 heteroatoms. The van der Waals surface area contributed by atoms with Crippen molar-refractivity contribution in [1.29, 1.82) is 0 Å². The molecule has 0 atom stereocenters. The van der Waals surface area contributed by atoms with E-state index in [4.69, 9.17) is 0 Å². The lowest BCUT2D eigenvalue weighted by Crippen LogP contribution is -2.10. The number of aromatic nitrogens is 1. The lowest BCUT2D eigenvalue weighted by molar-refractivity contribution is 1.23. The summed E-state index contributed by atoms with van der Waals surface area (Å²) in [4.78, 5) is 6.66. The zero-order valence-electron chi connectivity index (χ0n) is 21.3. The largest absolute Gasteiger partial charge is 0.309 e. The molecule has 0 unspecified atom stereocenters. The van der Waals surface area contributed by atoms with Gasteiger partial charge in [0.25, 0.3) is 0 Å². The van der Waals surface area contributed by atoms with Gasteiger partial charge in [-0.05, 0) is 103 Å². The van der Waals surface area contributed by atoms with Crippen LogP contribution in [0.2, 0.25) is 0 Å². The monoisotopic (exact) mass is 496 g/mol. The van der Waals surface area contributed by atoms with Crippen molar-refractivity contribution in [3.05, 3.63) is 146 Å². The molecule has 6 aromatic carbocycles. The van der Waals surface area contributed by atoms with Crippen molar-refractivity contribution in [2.45, 2.75) is 0 Å². The Hall–Kier alpha value is -5.21. The Labute approximate surface area is 227 Å². The molecule has 0 amide bonds. The van der Waals surface area contributed by atoms with E-state index in [1.165, 1.54) is 54.9 Å². The SMILES string of the molecule is c1ccc(N(c2cccnc2)c2cccc(-c3ccc4c5c(cccc35)-c3cc5ccccc5cc3-4)c2)cc1. The van der Waals surface area contributed by atoms with Crippen molar-refractivity contribution in [2.24, 2.45) is 0 Å². The van der Waals surface area contributed by atoms with Crippen LogP contribution in [-0.2, 0) is 0 Å². The molecule has 0 radical (unpaired) electrons. The second kappa shape index (κ2) is 8.68. The van der Waals surface area contributed by atoms with Crippen LogP contribution in [0.4, 0.5) is 17.1 Å². The van der Waals surface area contributed by atoms with Crippen LogP contribution >= 0.6 is 0 Å². The normalized spacial score (nSPS) is 11.6. The Balaban J connectivity index is 1.31. The standard InChI is InChI=1S/C37H24N2/c1-2-12-28(13-3-1)39(30-15-8-20-38-24-30)29-14-6-11-27(21-29)31-18-19-34-36-23-26-10-5-4-9-25(26)22-35(36)33-17-7-16-32(31)37(33)34/h1-24H. The van der Waals surface area contributed by atoms with E-state index < -0.39 is 0 Å². The molecule has 0 N–H and O–H groups in total. The molecule has 1 aliphatic carbocycles. The summed E-state index contributed by atoms with van der Waals surface area (Å²) in [5.74, 6) is 0. The Kier molecular flexibility index (Phi) is 4.86. The molecule has 1 heterocycles. The van der Waals surface area contributed by atoms with Crippen molar-refractivity contribution in [2.75, 3.05) is 4.90 Å². The van der Waals surface area contributed by atoms with Gasteiger partial charge in [0.05, 0.1) is 11.9 Å². The molecule has 8 rings (SSSR count). The third-order valence-corrected chi connectivity index (χ3v) is 7.84. The van der Waals surface area contributed by atoms with E-state index in [9.17, 15) is 0 Å². The van der Waals surface area contributed by atoms with E-state index in [1.807, 2.05) is 18.5 Å².